The van der Waals surface area contributed by atoms with Crippen LogP contribution < -0.4 is 10.6 Å². The van der Waals surface area contributed by atoms with Crippen molar-refractivity contribution in [1.82, 2.24) is 20.5 Å². The molecule has 1 unspecified atom stereocenters. The smallest absolute Gasteiger partial charge is 0.153 e. The minimum Gasteiger partial charge on any atom is -0.323 e. The Kier molecular flexibility index (Phi) is 2.98. The molecule has 1 aliphatic heterocycles. The molecule has 94 valence electrons. The van der Waals surface area contributed by atoms with E-state index in [1.807, 2.05) is 25.1 Å². The van der Waals surface area contributed by atoms with E-state index < -0.39 is 0 Å². The van der Waals surface area contributed by atoms with Crippen LogP contribution in [-0.2, 0) is 0 Å². The first-order valence-electron chi connectivity index (χ1n) is 6.30. The van der Waals surface area contributed by atoms with Crippen LogP contribution in [0.4, 0.5) is 11.6 Å². The lowest BCUT2D eigenvalue weighted by Gasteiger charge is -2.11. The molecule has 3 N–H and O–H groups in total. The Labute approximate surface area is 106 Å². The fourth-order valence-corrected chi connectivity index (χ4v) is 2.27. The Morgan fingerprint density at radius 3 is 3.00 bits per heavy atom. The van der Waals surface area contributed by atoms with Crippen molar-refractivity contribution in [2.75, 3.05) is 11.9 Å². The highest BCUT2D eigenvalue weighted by molar-refractivity contribution is 5.51. The molecular weight excluding hydrogens is 226 g/mol. The van der Waals surface area contributed by atoms with Crippen LogP contribution in [0.25, 0.3) is 0 Å². The van der Waals surface area contributed by atoms with Crippen LogP contribution in [0, 0.1) is 6.92 Å². The van der Waals surface area contributed by atoms with E-state index in [2.05, 4.69) is 31.9 Å². The summed E-state index contributed by atoms with van der Waals surface area (Å²) in [5.41, 5.74) is 2.14. The maximum Gasteiger partial charge on any atom is 0.153 e. The van der Waals surface area contributed by atoms with Crippen LogP contribution in [0.3, 0.4) is 0 Å². The summed E-state index contributed by atoms with van der Waals surface area (Å²) in [6.07, 6.45) is 2.39. The predicted molar refractivity (Wildman–Crippen MR) is 70.8 cm³/mol. The minimum absolute atomic E-state index is 0.396. The quantitative estimate of drug-likeness (QED) is 0.773. The van der Waals surface area contributed by atoms with Gasteiger partial charge in [-0.2, -0.15) is 5.10 Å². The lowest BCUT2D eigenvalue weighted by atomic mass is 10.1. The van der Waals surface area contributed by atoms with E-state index >= 15 is 0 Å². The third-order valence-corrected chi connectivity index (χ3v) is 3.15. The number of H-pyrrole nitrogens is 1. The first-order chi connectivity index (χ1) is 8.81. The summed E-state index contributed by atoms with van der Waals surface area (Å²) in [6, 6.07) is 8.42. The van der Waals surface area contributed by atoms with E-state index in [-0.39, 0.29) is 0 Å². The molecule has 1 fully saturated rings. The van der Waals surface area contributed by atoms with Gasteiger partial charge in [0.2, 0.25) is 0 Å². The highest BCUT2D eigenvalue weighted by Crippen LogP contribution is 2.23. The number of anilines is 2. The van der Waals surface area contributed by atoms with Gasteiger partial charge in [-0.25, -0.2) is 4.98 Å². The number of aromatic nitrogens is 3. The number of pyridine rings is 1. The van der Waals surface area contributed by atoms with Gasteiger partial charge in [0.25, 0.3) is 0 Å². The van der Waals surface area contributed by atoms with E-state index in [1.165, 1.54) is 6.42 Å². The molecule has 5 heteroatoms. The summed E-state index contributed by atoms with van der Waals surface area (Å²) in [6.45, 7) is 3.06. The number of rotatable bonds is 3. The zero-order valence-electron chi connectivity index (χ0n) is 10.4. The monoisotopic (exact) mass is 243 g/mol. The summed E-state index contributed by atoms with van der Waals surface area (Å²) in [4.78, 5) is 4.63. The summed E-state index contributed by atoms with van der Waals surface area (Å²) in [7, 11) is 0. The number of aryl methyl sites for hydroxylation is 1. The minimum atomic E-state index is 0.396. The molecule has 0 saturated carbocycles. The standard InChI is InChI=1S/C13H17N5/c1-9-8-13(18-17-9)16-12-6-2-4-11(15-12)10-5-3-7-14-10/h2,4,6,8,10,14H,3,5,7H2,1H3,(H2,15,16,17,18). The molecule has 0 amide bonds. The van der Waals surface area contributed by atoms with Crippen LogP contribution >= 0.6 is 0 Å². The molecule has 1 atom stereocenters. The number of hydrogen-bond donors (Lipinski definition) is 3. The fraction of sp³-hybridized carbons (Fsp3) is 0.385. The van der Waals surface area contributed by atoms with E-state index in [4.69, 9.17) is 0 Å². The molecule has 18 heavy (non-hydrogen) atoms. The Bertz CT molecular complexity index is 528. The van der Waals surface area contributed by atoms with Crippen LogP contribution in [0.2, 0.25) is 0 Å². The molecule has 2 aromatic heterocycles. The van der Waals surface area contributed by atoms with Crippen LogP contribution in [0.1, 0.15) is 30.3 Å². The molecule has 0 bridgehead atoms. The van der Waals surface area contributed by atoms with Crippen molar-refractivity contribution in [2.24, 2.45) is 0 Å². The second-order valence-electron chi connectivity index (χ2n) is 4.66. The van der Waals surface area contributed by atoms with Gasteiger partial charge < -0.3 is 10.6 Å². The van der Waals surface area contributed by atoms with E-state index in [0.717, 1.165) is 36.0 Å². The molecule has 1 aliphatic rings. The predicted octanol–water partition coefficient (Wildman–Crippen LogP) is 2.28. The zero-order chi connectivity index (χ0) is 12.4. The lowest BCUT2D eigenvalue weighted by molar-refractivity contribution is 0.629. The van der Waals surface area contributed by atoms with Gasteiger partial charge in [-0.1, -0.05) is 6.07 Å². The van der Waals surface area contributed by atoms with Crippen molar-refractivity contribution in [1.29, 1.82) is 0 Å². The van der Waals surface area contributed by atoms with Crippen LogP contribution in [0.15, 0.2) is 24.3 Å². The first kappa shape index (κ1) is 11.2. The molecule has 3 heterocycles. The van der Waals surface area contributed by atoms with Crippen molar-refractivity contribution < 1.29 is 0 Å². The maximum atomic E-state index is 4.63. The average molecular weight is 243 g/mol. The summed E-state index contributed by atoms with van der Waals surface area (Å²) < 4.78 is 0. The van der Waals surface area contributed by atoms with E-state index in [1.54, 1.807) is 0 Å². The Morgan fingerprint density at radius 1 is 1.33 bits per heavy atom. The lowest BCUT2D eigenvalue weighted by Crippen LogP contribution is -2.14. The van der Waals surface area contributed by atoms with Crippen molar-refractivity contribution in [2.45, 2.75) is 25.8 Å². The highest BCUT2D eigenvalue weighted by atomic mass is 15.2. The number of hydrogen-bond acceptors (Lipinski definition) is 4. The third-order valence-electron chi connectivity index (χ3n) is 3.15. The van der Waals surface area contributed by atoms with Crippen molar-refractivity contribution in [3.05, 3.63) is 35.7 Å². The van der Waals surface area contributed by atoms with Crippen LogP contribution in [-0.4, -0.2) is 21.7 Å². The Morgan fingerprint density at radius 2 is 2.28 bits per heavy atom. The Hall–Kier alpha value is -1.88. The second kappa shape index (κ2) is 4.78. The SMILES string of the molecule is Cc1cc(Nc2cccc(C3CCCN3)n2)n[nH]1. The Balaban J connectivity index is 1.78. The summed E-state index contributed by atoms with van der Waals surface area (Å²) >= 11 is 0. The molecule has 0 radical (unpaired) electrons. The van der Waals surface area contributed by atoms with Gasteiger partial charge in [0.15, 0.2) is 5.82 Å². The largest absolute Gasteiger partial charge is 0.323 e. The number of aromatic amines is 1. The highest BCUT2D eigenvalue weighted by Gasteiger charge is 2.17. The summed E-state index contributed by atoms with van der Waals surface area (Å²) in [5.74, 6) is 1.64. The number of nitrogens with zero attached hydrogens (tertiary/aromatic N) is 2. The molecule has 3 rings (SSSR count). The fourth-order valence-electron chi connectivity index (χ4n) is 2.27. The average Bonchev–Trinajstić information content (AvgIpc) is 3.01. The van der Waals surface area contributed by atoms with Gasteiger partial charge in [-0.15, -0.1) is 0 Å². The van der Waals surface area contributed by atoms with Gasteiger partial charge in [0.1, 0.15) is 5.82 Å². The molecule has 0 aliphatic carbocycles. The molecule has 1 saturated heterocycles. The van der Waals surface area contributed by atoms with E-state index in [9.17, 15) is 0 Å². The van der Waals surface area contributed by atoms with Crippen molar-refractivity contribution >= 4 is 11.6 Å². The maximum absolute atomic E-state index is 4.63. The van der Waals surface area contributed by atoms with Crippen molar-refractivity contribution in [3.63, 3.8) is 0 Å². The van der Waals surface area contributed by atoms with Crippen LogP contribution in [0.5, 0.6) is 0 Å². The van der Waals surface area contributed by atoms with Gasteiger partial charge in [0, 0.05) is 17.8 Å². The van der Waals surface area contributed by atoms with E-state index in [0.29, 0.717) is 6.04 Å². The van der Waals surface area contributed by atoms with Gasteiger partial charge in [-0.3, -0.25) is 5.10 Å². The third kappa shape index (κ3) is 2.36. The van der Waals surface area contributed by atoms with Gasteiger partial charge in [0.05, 0.1) is 5.69 Å². The van der Waals surface area contributed by atoms with Gasteiger partial charge >= 0.3 is 0 Å². The molecule has 5 nitrogen and oxygen atoms in total. The molecule has 0 spiro atoms. The zero-order valence-corrected chi connectivity index (χ0v) is 10.4. The second-order valence-corrected chi connectivity index (χ2v) is 4.66. The van der Waals surface area contributed by atoms with Gasteiger partial charge in [-0.05, 0) is 38.4 Å². The van der Waals surface area contributed by atoms with Crippen molar-refractivity contribution in [3.8, 4) is 0 Å². The molecule has 2 aromatic rings. The molecule has 0 aromatic carbocycles. The first-order valence-corrected chi connectivity index (χ1v) is 6.30. The number of nitrogens with one attached hydrogen (secondary N) is 3. The molecular formula is C13H17N5. The topological polar surface area (TPSA) is 65.6 Å². The normalized spacial score (nSPS) is 19.1. The summed E-state index contributed by atoms with van der Waals surface area (Å²) in [5, 5.41) is 13.7.